The highest BCUT2D eigenvalue weighted by Crippen LogP contribution is 2.16. The number of amides is 3. The van der Waals surface area contributed by atoms with E-state index in [2.05, 4.69) is 5.32 Å². The summed E-state index contributed by atoms with van der Waals surface area (Å²) < 4.78 is 5.49. The molecule has 2 fully saturated rings. The van der Waals surface area contributed by atoms with Gasteiger partial charge in [0.1, 0.15) is 6.10 Å². The summed E-state index contributed by atoms with van der Waals surface area (Å²) in [4.78, 5) is 28.5. The highest BCUT2D eigenvalue weighted by Gasteiger charge is 2.30. The third kappa shape index (κ3) is 5.11. The summed E-state index contributed by atoms with van der Waals surface area (Å²) >= 11 is 5.98. The minimum Gasteiger partial charge on any atom is -0.368 e. The van der Waals surface area contributed by atoms with Crippen LogP contribution in [0.15, 0.2) is 24.3 Å². The SMILES string of the molecule is O=C(NCCc1cccc(Cl)c1)N1CCCN(C(=O)C2CCCO2)CC1. The van der Waals surface area contributed by atoms with Gasteiger partial charge in [-0.3, -0.25) is 4.79 Å². The lowest BCUT2D eigenvalue weighted by molar-refractivity contribution is -0.140. The van der Waals surface area contributed by atoms with Gasteiger partial charge in [0.25, 0.3) is 5.91 Å². The fraction of sp³-hybridized carbons (Fsp3) is 0.579. The molecular weight excluding hydrogens is 354 g/mol. The van der Waals surface area contributed by atoms with Gasteiger partial charge in [-0.15, -0.1) is 0 Å². The lowest BCUT2D eigenvalue weighted by atomic mass is 10.1. The van der Waals surface area contributed by atoms with Crippen LogP contribution in [0.5, 0.6) is 0 Å². The topological polar surface area (TPSA) is 61.9 Å². The molecule has 2 aliphatic heterocycles. The summed E-state index contributed by atoms with van der Waals surface area (Å²) in [7, 11) is 0. The molecule has 142 valence electrons. The maximum Gasteiger partial charge on any atom is 0.317 e. The first-order valence-electron chi connectivity index (χ1n) is 9.31. The number of ether oxygens (including phenoxy) is 1. The molecule has 3 rings (SSSR count). The summed E-state index contributed by atoms with van der Waals surface area (Å²) in [5.74, 6) is 0.0747. The summed E-state index contributed by atoms with van der Waals surface area (Å²) in [6, 6.07) is 7.59. The van der Waals surface area contributed by atoms with Gasteiger partial charge in [0.15, 0.2) is 0 Å². The lowest BCUT2D eigenvalue weighted by Gasteiger charge is -2.24. The van der Waals surface area contributed by atoms with Crippen LogP contribution in [-0.4, -0.2) is 67.2 Å². The number of hydrogen-bond donors (Lipinski definition) is 1. The van der Waals surface area contributed by atoms with Gasteiger partial charge in [0, 0.05) is 44.4 Å². The monoisotopic (exact) mass is 379 g/mol. The zero-order valence-electron chi connectivity index (χ0n) is 15.0. The Kier molecular flexibility index (Phi) is 6.74. The van der Waals surface area contributed by atoms with E-state index in [9.17, 15) is 9.59 Å². The number of nitrogens with zero attached hydrogens (tertiary/aromatic N) is 2. The van der Waals surface area contributed by atoms with Crippen LogP contribution in [-0.2, 0) is 16.0 Å². The summed E-state index contributed by atoms with van der Waals surface area (Å²) in [6.45, 7) is 3.71. The molecule has 0 aliphatic carbocycles. The molecule has 1 atom stereocenters. The van der Waals surface area contributed by atoms with Crippen LogP contribution in [0, 0.1) is 0 Å². The fourth-order valence-electron chi connectivity index (χ4n) is 3.44. The highest BCUT2D eigenvalue weighted by molar-refractivity contribution is 6.30. The van der Waals surface area contributed by atoms with E-state index in [0.29, 0.717) is 44.4 Å². The van der Waals surface area contributed by atoms with Gasteiger partial charge < -0.3 is 19.9 Å². The Morgan fingerprint density at radius 1 is 1.15 bits per heavy atom. The van der Waals surface area contributed by atoms with Crippen molar-refractivity contribution in [1.29, 1.82) is 0 Å². The standard InChI is InChI=1S/C19H26ClN3O3/c20-16-5-1-4-15(14-16)7-8-21-19(25)23-10-3-9-22(11-12-23)18(24)17-6-2-13-26-17/h1,4-5,14,17H,2-3,6-13H2,(H,21,25). The van der Waals surface area contributed by atoms with Gasteiger partial charge >= 0.3 is 6.03 Å². The molecule has 0 radical (unpaired) electrons. The minimum atomic E-state index is -0.284. The van der Waals surface area contributed by atoms with E-state index in [4.69, 9.17) is 16.3 Å². The zero-order chi connectivity index (χ0) is 18.4. The molecule has 26 heavy (non-hydrogen) atoms. The second-order valence-electron chi connectivity index (χ2n) is 6.78. The Balaban J connectivity index is 1.43. The summed E-state index contributed by atoms with van der Waals surface area (Å²) in [5.41, 5.74) is 1.10. The Morgan fingerprint density at radius 2 is 1.96 bits per heavy atom. The Bertz CT molecular complexity index is 634. The number of carbonyl (C=O) groups is 2. The van der Waals surface area contributed by atoms with Crippen LogP contribution in [0.3, 0.4) is 0 Å². The Morgan fingerprint density at radius 3 is 2.73 bits per heavy atom. The van der Waals surface area contributed by atoms with Crippen molar-refractivity contribution in [3.05, 3.63) is 34.9 Å². The molecule has 1 N–H and O–H groups in total. The van der Waals surface area contributed by atoms with Gasteiger partial charge in [-0.1, -0.05) is 23.7 Å². The lowest BCUT2D eigenvalue weighted by Crippen LogP contribution is -2.44. The molecule has 1 aromatic rings. The molecule has 0 bridgehead atoms. The van der Waals surface area contributed by atoms with Gasteiger partial charge in [0.2, 0.25) is 0 Å². The van der Waals surface area contributed by atoms with E-state index < -0.39 is 0 Å². The van der Waals surface area contributed by atoms with Crippen molar-refractivity contribution in [1.82, 2.24) is 15.1 Å². The van der Waals surface area contributed by atoms with Crippen LogP contribution >= 0.6 is 11.6 Å². The number of benzene rings is 1. The number of rotatable bonds is 4. The van der Waals surface area contributed by atoms with E-state index in [1.165, 1.54) is 0 Å². The molecule has 0 saturated carbocycles. The van der Waals surface area contributed by atoms with E-state index in [0.717, 1.165) is 31.2 Å². The molecule has 2 saturated heterocycles. The molecule has 1 unspecified atom stereocenters. The first kappa shape index (κ1) is 19.0. The van der Waals surface area contributed by atoms with Crippen molar-refractivity contribution < 1.29 is 14.3 Å². The third-order valence-electron chi connectivity index (χ3n) is 4.88. The number of halogens is 1. The van der Waals surface area contributed by atoms with Crippen molar-refractivity contribution in [2.24, 2.45) is 0 Å². The largest absolute Gasteiger partial charge is 0.368 e. The Labute approximate surface area is 159 Å². The number of carbonyl (C=O) groups excluding carboxylic acids is 2. The van der Waals surface area contributed by atoms with Crippen molar-refractivity contribution in [3.63, 3.8) is 0 Å². The van der Waals surface area contributed by atoms with Crippen molar-refractivity contribution in [2.45, 2.75) is 31.8 Å². The second-order valence-corrected chi connectivity index (χ2v) is 7.22. The van der Waals surface area contributed by atoms with Gasteiger partial charge in [-0.05, 0) is 43.4 Å². The molecule has 7 heteroatoms. The average molecular weight is 380 g/mol. The van der Waals surface area contributed by atoms with Crippen molar-refractivity contribution in [3.8, 4) is 0 Å². The van der Waals surface area contributed by atoms with E-state index >= 15 is 0 Å². The zero-order valence-corrected chi connectivity index (χ0v) is 15.7. The average Bonchev–Trinajstić information content (AvgIpc) is 3.05. The van der Waals surface area contributed by atoms with Crippen LogP contribution in [0.2, 0.25) is 5.02 Å². The summed E-state index contributed by atoms with van der Waals surface area (Å²) in [6.07, 6.45) is 3.01. The van der Waals surface area contributed by atoms with Gasteiger partial charge in [-0.25, -0.2) is 4.79 Å². The predicted octanol–water partition coefficient (Wildman–Crippen LogP) is 2.31. The quantitative estimate of drug-likeness (QED) is 0.873. The third-order valence-corrected chi connectivity index (χ3v) is 5.11. The van der Waals surface area contributed by atoms with Crippen LogP contribution in [0.25, 0.3) is 0 Å². The van der Waals surface area contributed by atoms with E-state index in [1.54, 1.807) is 4.90 Å². The summed E-state index contributed by atoms with van der Waals surface area (Å²) in [5, 5.41) is 3.67. The molecule has 0 aromatic heterocycles. The van der Waals surface area contributed by atoms with Crippen LogP contribution in [0.4, 0.5) is 4.79 Å². The first-order valence-corrected chi connectivity index (χ1v) is 9.69. The van der Waals surface area contributed by atoms with Crippen LogP contribution in [0.1, 0.15) is 24.8 Å². The van der Waals surface area contributed by atoms with Crippen molar-refractivity contribution in [2.75, 3.05) is 39.3 Å². The molecule has 1 aromatic carbocycles. The van der Waals surface area contributed by atoms with E-state index in [1.807, 2.05) is 29.2 Å². The Hall–Kier alpha value is -1.79. The maximum absolute atomic E-state index is 12.5. The second kappa shape index (κ2) is 9.24. The molecule has 2 heterocycles. The van der Waals surface area contributed by atoms with E-state index in [-0.39, 0.29) is 18.0 Å². The number of urea groups is 1. The first-order chi connectivity index (χ1) is 12.6. The normalized spacial score (nSPS) is 20.7. The van der Waals surface area contributed by atoms with Crippen molar-refractivity contribution >= 4 is 23.5 Å². The molecule has 3 amide bonds. The maximum atomic E-state index is 12.5. The fourth-order valence-corrected chi connectivity index (χ4v) is 3.65. The molecule has 0 spiro atoms. The highest BCUT2D eigenvalue weighted by atomic mass is 35.5. The predicted molar refractivity (Wildman–Crippen MR) is 100 cm³/mol. The molecule has 2 aliphatic rings. The smallest absolute Gasteiger partial charge is 0.317 e. The van der Waals surface area contributed by atoms with Gasteiger partial charge in [0.05, 0.1) is 0 Å². The number of hydrogen-bond acceptors (Lipinski definition) is 3. The molecular formula is C19H26ClN3O3. The van der Waals surface area contributed by atoms with Crippen LogP contribution < -0.4 is 5.32 Å². The van der Waals surface area contributed by atoms with Gasteiger partial charge in [-0.2, -0.15) is 0 Å². The number of nitrogens with one attached hydrogen (secondary N) is 1. The minimum absolute atomic E-state index is 0.0709. The molecule has 6 nitrogen and oxygen atoms in total.